The Bertz CT molecular complexity index is 183. The summed E-state index contributed by atoms with van der Waals surface area (Å²) in [7, 11) is 1.48. The maximum absolute atomic E-state index is 11.8. The van der Waals surface area contributed by atoms with Gasteiger partial charge in [0.25, 0.3) is 5.91 Å². The van der Waals surface area contributed by atoms with Crippen LogP contribution in [-0.2, 0) is 9.63 Å². The zero-order valence-corrected chi connectivity index (χ0v) is 9.06. The van der Waals surface area contributed by atoms with Gasteiger partial charge in [0, 0.05) is 6.54 Å². The maximum Gasteiger partial charge on any atom is 0.251 e. The first-order chi connectivity index (χ1) is 6.75. The second kappa shape index (κ2) is 5.32. The number of carbonyl (C=O) groups is 1. The molecule has 1 heterocycles. The molecule has 0 aromatic carbocycles. The van der Waals surface area contributed by atoms with Crippen LogP contribution < -0.4 is 10.8 Å². The normalized spacial score (nSPS) is 27.3. The molecule has 4 nitrogen and oxygen atoms in total. The summed E-state index contributed by atoms with van der Waals surface area (Å²) < 4.78 is 0. The number of hydroxylamine groups is 1. The van der Waals surface area contributed by atoms with Crippen LogP contribution in [0.4, 0.5) is 0 Å². The molecule has 14 heavy (non-hydrogen) atoms. The van der Waals surface area contributed by atoms with Crippen LogP contribution >= 0.6 is 0 Å². The molecule has 0 aromatic rings. The van der Waals surface area contributed by atoms with Crippen molar-refractivity contribution in [1.82, 2.24) is 10.8 Å². The van der Waals surface area contributed by atoms with E-state index < -0.39 is 0 Å². The molecule has 0 radical (unpaired) electrons. The van der Waals surface area contributed by atoms with E-state index >= 15 is 0 Å². The number of amides is 1. The summed E-state index contributed by atoms with van der Waals surface area (Å²) in [5.41, 5.74) is 2.21. The van der Waals surface area contributed by atoms with Crippen LogP contribution in [0.5, 0.6) is 0 Å². The monoisotopic (exact) mass is 200 g/mol. The number of nitrogens with one attached hydrogen (secondary N) is 2. The molecular formula is C10H20N2O2. The van der Waals surface area contributed by atoms with Crippen molar-refractivity contribution in [3.05, 3.63) is 0 Å². The van der Waals surface area contributed by atoms with Crippen molar-refractivity contribution < 1.29 is 9.63 Å². The summed E-state index contributed by atoms with van der Waals surface area (Å²) in [5, 5.41) is 3.28. The first-order valence-corrected chi connectivity index (χ1v) is 5.29. The zero-order chi connectivity index (χ0) is 10.4. The van der Waals surface area contributed by atoms with Gasteiger partial charge in [-0.15, -0.1) is 0 Å². The number of hydrogen-bond donors (Lipinski definition) is 2. The lowest BCUT2D eigenvalue weighted by Crippen LogP contribution is -2.50. The van der Waals surface area contributed by atoms with Gasteiger partial charge >= 0.3 is 0 Å². The zero-order valence-electron chi connectivity index (χ0n) is 9.06. The van der Waals surface area contributed by atoms with Crippen molar-refractivity contribution in [2.24, 2.45) is 5.41 Å². The van der Waals surface area contributed by atoms with E-state index in [1.54, 1.807) is 0 Å². The Hall–Kier alpha value is -0.610. The Kier molecular flexibility index (Phi) is 4.35. The van der Waals surface area contributed by atoms with Crippen LogP contribution in [0, 0.1) is 5.41 Å². The van der Waals surface area contributed by atoms with Crippen molar-refractivity contribution in [3.8, 4) is 0 Å². The van der Waals surface area contributed by atoms with Gasteiger partial charge in [0.1, 0.15) is 0 Å². The van der Waals surface area contributed by atoms with Crippen LogP contribution in [0.15, 0.2) is 0 Å². The third-order valence-corrected chi connectivity index (χ3v) is 2.88. The molecule has 0 aromatic heterocycles. The van der Waals surface area contributed by atoms with E-state index in [1.165, 1.54) is 7.11 Å². The van der Waals surface area contributed by atoms with E-state index in [2.05, 4.69) is 17.7 Å². The van der Waals surface area contributed by atoms with Gasteiger partial charge in [-0.25, -0.2) is 5.48 Å². The van der Waals surface area contributed by atoms with E-state index in [4.69, 9.17) is 4.84 Å². The van der Waals surface area contributed by atoms with Gasteiger partial charge in [-0.1, -0.05) is 13.3 Å². The fourth-order valence-corrected chi connectivity index (χ4v) is 2.17. The average molecular weight is 200 g/mol. The molecule has 1 fully saturated rings. The van der Waals surface area contributed by atoms with Crippen molar-refractivity contribution in [2.75, 3.05) is 20.2 Å². The maximum atomic E-state index is 11.8. The minimum absolute atomic E-state index is 0.0223. The average Bonchev–Trinajstić information content (AvgIpc) is 2.20. The second-order valence-corrected chi connectivity index (χ2v) is 3.95. The lowest BCUT2D eigenvalue weighted by atomic mass is 9.76. The predicted octanol–water partition coefficient (Wildman–Crippen LogP) is 0.834. The summed E-state index contributed by atoms with van der Waals surface area (Å²) in [6.07, 6.45) is 3.98. The largest absolute Gasteiger partial charge is 0.316 e. The summed E-state index contributed by atoms with van der Waals surface area (Å²) in [4.78, 5) is 16.5. The van der Waals surface area contributed by atoms with Crippen molar-refractivity contribution >= 4 is 5.91 Å². The molecule has 1 rings (SSSR count). The van der Waals surface area contributed by atoms with E-state index in [0.717, 1.165) is 38.8 Å². The fraction of sp³-hybridized carbons (Fsp3) is 0.900. The minimum Gasteiger partial charge on any atom is -0.316 e. The Morgan fingerprint density at radius 3 is 2.93 bits per heavy atom. The van der Waals surface area contributed by atoms with Gasteiger partial charge < -0.3 is 5.32 Å². The number of piperidine rings is 1. The van der Waals surface area contributed by atoms with Gasteiger partial charge in [-0.05, 0) is 25.8 Å². The highest BCUT2D eigenvalue weighted by molar-refractivity contribution is 5.82. The first kappa shape index (κ1) is 11.5. The van der Waals surface area contributed by atoms with E-state index in [0.29, 0.717) is 0 Å². The molecule has 0 saturated carbocycles. The third kappa shape index (κ3) is 2.45. The van der Waals surface area contributed by atoms with Crippen LogP contribution in [-0.4, -0.2) is 26.1 Å². The molecule has 2 N–H and O–H groups in total. The molecule has 1 aliphatic rings. The summed E-state index contributed by atoms with van der Waals surface area (Å²) in [6, 6.07) is 0. The SMILES string of the molecule is CCCC1(C(=O)NOC)CCCNC1. The summed E-state index contributed by atoms with van der Waals surface area (Å²) in [6.45, 7) is 3.90. The Morgan fingerprint density at radius 2 is 2.43 bits per heavy atom. The second-order valence-electron chi connectivity index (χ2n) is 3.95. The molecule has 82 valence electrons. The van der Waals surface area contributed by atoms with Crippen molar-refractivity contribution in [2.45, 2.75) is 32.6 Å². The van der Waals surface area contributed by atoms with Gasteiger partial charge in [0.15, 0.2) is 0 Å². The van der Waals surface area contributed by atoms with Crippen LogP contribution in [0.25, 0.3) is 0 Å². The highest BCUT2D eigenvalue weighted by Crippen LogP contribution is 2.31. The Morgan fingerprint density at radius 1 is 1.64 bits per heavy atom. The van der Waals surface area contributed by atoms with Crippen LogP contribution in [0.2, 0.25) is 0 Å². The molecule has 4 heteroatoms. The highest BCUT2D eigenvalue weighted by atomic mass is 16.6. The van der Waals surface area contributed by atoms with E-state index in [9.17, 15) is 4.79 Å². The van der Waals surface area contributed by atoms with Gasteiger partial charge in [-0.2, -0.15) is 0 Å². The third-order valence-electron chi connectivity index (χ3n) is 2.88. The molecule has 1 atom stereocenters. The summed E-state index contributed by atoms with van der Waals surface area (Å²) in [5.74, 6) is 0.0223. The van der Waals surface area contributed by atoms with Crippen molar-refractivity contribution in [3.63, 3.8) is 0 Å². The standard InChI is InChI=1S/C10H20N2O2/c1-3-5-10(9(13)12-14-2)6-4-7-11-8-10/h11H,3-8H2,1-2H3,(H,12,13). The number of carbonyl (C=O) groups excluding carboxylic acids is 1. The minimum atomic E-state index is -0.247. The van der Waals surface area contributed by atoms with Crippen molar-refractivity contribution in [1.29, 1.82) is 0 Å². The molecule has 1 amide bonds. The van der Waals surface area contributed by atoms with Gasteiger partial charge in [0.2, 0.25) is 0 Å². The topological polar surface area (TPSA) is 50.4 Å². The summed E-state index contributed by atoms with van der Waals surface area (Å²) >= 11 is 0. The number of hydrogen-bond acceptors (Lipinski definition) is 3. The molecule has 0 aliphatic carbocycles. The fourth-order valence-electron chi connectivity index (χ4n) is 2.17. The Labute approximate surface area is 85.3 Å². The molecule has 1 aliphatic heterocycles. The number of rotatable bonds is 4. The molecule has 0 spiro atoms. The molecule has 1 unspecified atom stereocenters. The molecule has 1 saturated heterocycles. The quantitative estimate of drug-likeness (QED) is 0.661. The molecular weight excluding hydrogens is 180 g/mol. The Balaban J connectivity index is 2.63. The van der Waals surface area contributed by atoms with Gasteiger partial charge in [-0.3, -0.25) is 9.63 Å². The van der Waals surface area contributed by atoms with E-state index in [-0.39, 0.29) is 11.3 Å². The highest BCUT2D eigenvalue weighted by Gasteiger charge is 2.38. The first-order valence-electron chi connectivity index (χ1n) is 5.29. The lowest BCUT2D eigenvalue weighted by Gasteiger charge is -2.35. The lowest BCUT2D eigenvalue weighted by molar-refractivity contribution is -0.143. The van der Waals surface area contributed by atoms with Crippen LogP contribution in [0.1, 0.15) is 32.6 Å². The van der Waals surface area contributed by atoms with E-state index in [1.807, 2.05) is 0 Å². The molecule has 0 bridgehead atoms. The van der Waals surface area contributed by atoms with Crippen LogP contribution in [0.3, 0.4) is 0 Å². The van der Waals surface area contributed by atoms with Gasteiger partial charge in [0.05, 0.1) is 12.5 Å². The predicted molar refractivity (Wildman–Crippen MR) is 54.6 cm³/mol. The smallest absolute Gasteiger partial charge is 0.251 e.